The normalized spacial score (nSPS) is 10.9. The van der Waals surface area contributed by atoms with Crippen molar-refractivity contribution >= 4 is 39.1 Å². The minimum absolute atomic E-state index is 0.0952. The lowest BCUT2D eigenvalue weighted by atomic mass is 10.1. The molecule has 7 nitrogen and oxygen atoms in total. The van der Waals surface area contributed by atoms with Crippen LogP contribution in [0.5, 0.6) is 11.5 Å². The molecule has 2 aromatic rings. The monoisotopic (exact) mass is 491 g/mol. The third kappa shape index (κ3) is 8.49. The number of amides is 2. The van der Waals surface area contributed by atoms with Crippen molar-refractivity contribution in [1.82, 2.24) is 5.32 Å². The van der Waals surface area contributed by atoms with Gasteiger partial charge in [0.15, 0.2) is 18.1 Å². The fourth-order valence-corrected chi connectivity index (χ4v) is 3.23. The molecule has 8 heteroatoms. The van der Waals surface area contributed by atoms with Crippen LogP contribution in [0, 0.1) is 0 Å². The summed E-state index contributed by atoms with van der Waals surface area (Å²) < 4.78 is 12.3. The zero-order valence-electron chi connectivity index (χ0n) is 18.6. The van der Waals surface area contributed by atoms with Gasteiger partial charge in [-0.2, -0.15) is 0 Å². The number of nitrogens with one attached hydrogen (secondary N) is 3. The van der Waals surface area contributed by atoms with Crippen molar-refractivity contribution in [2.75, 3.05) is 23.8 Å². The number of hydrogen-bond acceptors (Lipinski definition) is 5. The topological polar surface area (TPSA) is 88.7 Å². The molecule has 0 saturated heterocycles. The van der Waals surface area contributed by atoms with E-state index in [0.29, 0.717) is 24.7 Å². The van der Waals surface area contributed by atoms with Gasteiger partial charge in [-0.1, -0.05) is 15.9 Å². The van der Waals surface area contributed by atoms with Crippen LogP contribution in [-0.4, -0.2) is 30.6 Å². The Morgan fingerprint density at radius 2 is 1.61 bits per heavy atom. The summed E-state index contributed by atoms with van der Waals surface area (Å²) in [5.74, 6) is 0.777. The molecule has 168 valence electrons. The first-order valence-electron chi connectivity index (χ1n) is 10.1. The Labute approximate surface area is 192 Å². The highest BCUT2D eigenvalue weighted by molar-refractivity contribution is 9.10. The Balaban J connectivity index is 2.06. The predicted molar refractivity (Wildman–Crippen MR) is 127 cm³/mol. The number of rotatable bonds is 9. The number of benzene rings is 2. The quantitative estimate of drug-likeness (QED) is 0.472. The van der Waals surface area contributed by atoms with Crippen molar-refractivity contribution in [3.63, 3.8) is 0 Å². The predicted octanol–water partition coefficient (Wildman–Crippen LogP) is 4.71. The minimum Gasteiger partial charge on any atom is -0.490 e. The van der Waals surface area contributed by atoms with Crippen LogP contribution in [0.25, 0.3) is 0 Å². The molecule has 0 fully saturated rings. The Morgan fingerprint density at radius 1 is 1.00 bits per heavy atom. The molecule has 0 aliphatic heterocycles. The maximum absolute atomic E-state index is 12.1. The molecule has 2 amide bonds. The maximum Gasteiger partial charge on any atom is 0.258 e. The number of anilines is 2. The summed E-state index contributed by atoms with van der Waals surface area (Å²) in [6.45, 7) is 10.1. The van der Waals surface area contributed by atoms with Crippen LogP contribution in [-0.2, 0) is 16.1 Å². The Kier molecular flexibility index (Phi) is 8.74. The number of hydrogen-bond donors (Lipinski definition) is 3. The summed E-state index contributed by atoms with van der Waals surface area (Å²) >= 11 is 3.58. The second-order valence-corrected chi connectivity index (χ2v) is 8.88. The lowest BCUT2D eigenvalue weighted by Crippen LogP contribution is -2.43. The van der Waals surface area contributed by atoms with Crippen LogP contribution in [0.15, 0.2) is 40.9 Å². The number of ether oxygens (including phenoxy) is 2. The Morgan fingerprint density at radius 3 is 2.19 bits per heavy atom. The molecule has 0 unspecified atom stereocenters. The second-order valence-electron chi connectivity index (χ2n) is 8.02. The molecule has 3 N–H and O–H groups in total. The van der Waals surface area contributed by atoms with Gasteiger partial charge in [-0.3, -0.25) is 9.59 Å². The van der Waals surface area contributed by atoms with E-state index < -0.39 is 0 Å². The van der Waals surface area contributed by atoms with Gasteiger partial charge in [-0.05, 0) is 69.7 Å². The molecule has 0 heterocycles. The lowest BCUT2D eigenvalue weighted by Gasteiger charge is -2.21. The summed E-state index contributed by atoms with van der Waals surface area (Å²) in [6.07, 6.45) is 0. The largest absolute Gasteiger partial charge is 0.490 e. The summed E-state index contributed by atoms with van der Waals surface area (Å²) in [7, 11) is 0. The fourth-order valence-electron chi connectivity index (χ4n) is 2.76. The SMILES string of the molecule is CCOc1cc(CNc2ccc(NC(C)=O)cc2)c(Br)cc1OCC(=O)NC(C)(C)C. The molecule has 0 radical (unpaired) electrons. The molecular formula is C23H30BrN3O4. The van der Waals surface area contributed by atoms with Gasteiger partial charge in [0.25, 0.3) is 5.91 Å². The first kappa shape index (κ1) is 24.5. The van der Waals surface area contributed by atoms with Crippen LogP contribution < -0.4 is 25.4 Å². The van der Waals surface area contributed by atoms with Gasteiger partial charge in [-0.15, -0.1) is 0 Å². The lowest BCUT2D eigenvalue weighted by molar-refractivity contribution is -0.124. The van der Waals surface area contributed by atoms with Crippen LogP contribution in [0.3, 0.4) is 0 Å². The van der Waals surface area contributed by atoms with Crippen molar-refractivity contribution in [1.29, 1.82) is 0 Å². The summed E-state index contributed by atoms with van der Waals surface area (Å²) in [6, 6.07) is 11.2. The van der Waals surface area contributed by atoms with Gasteiger partial charge in [0.05, 0.1) is 6.61 Å². The van der Waals surface area contributed by atoms with Crippen molar-refractivity contribution < 1.29 is 19.1 Å². The Hall–Kier alpha value is -2.74. The molecule has 0 saturated carbocycles. The van der Waals surface area contributed by atoms with Gasteiger partial charge < -0.3 is 25.4 Å². The molecule has 31 heavy (non-hydrogen) atoms. The van der Waals surface area contributed by atoms with Crippen LogP contribution >= 0.6 is 15.9 Å². The van der Waals surface area contributed by atoms with E-state index in [1.54, 1.807) is 0 Å². The smallest absolute Gasteiger partial charge is 0.258 e. The first-order valence-corrected chi connectivity index (χ1v) is 10.9. The molecule has 0 atom stereocenters. The molecular weight excluding hydrogens is 462 g/mol. The highest BCUT2D eigenvalue weighted by Gasteiger charge is 2.16. The van der Waals surface area contributed by atoms with Gasteiger partial charge in [0.2, 0.25) is 5.91 Å². The van der Waals surface area contributed by atoms with Crippen LogP contribution in [0.1, 0.15) is 40.2 Å². The van der Waals surface area contributed by atoms with Crippen molar-refractivity contribution in [2.45, 2.75) is 46.7 Å². The van der Waals surface area contributed by atoms with Crippen LogP contribution in [0.2, 0.25) is 0 Å². The summed E-state index contributed by atoms with van der Waals surface area (Å²) in [4.78, 5) is 23.2. The maximum atomic E-state index is 12.1. The number of carbonyl (C=O) groups is 2. The molecule has 0 spiro atoms. The molecule has 2 rings (SSSR count). The molecule has 0 aliphatic rings. The highest BCUT2D eigenvalue weighted by atomic mass is 79.9. The average molecular weight is 492 g/mol. The molecule has 2 aromatic carbocycles. The van der Waals surface area contributed by atoms with Gasteiger partial charge in [0, 0.05) is 34.9 Å². The van der Waals surface area contributed by atoms with Gasteiger partial charge >= 0.3 is 0 Å². The average Bonchev–Trinajstić information content (AvgIpc) is 2.66. The third-order valence-electron chi connectivity index (χ3n) is 3.97. The highest BCUT2D eigenvalue weighted by Crippen LogP contribution is 2.34. The van der Waals surface area contributed by atoms with E-state index in [1.807, 2.05) is 64.1 Å². The standard InChI is InChI=1S/C23H30BrN3O4/c1-6-30-20-11-16(13-25-17-7-9-18(10-8-17)26-15(2)28)19(24)12-21(20)31-14-22(29)27-23(3,4)5/h7-12,25H,6,13-14H2,1-5H3,(H,26,28)(H,27,29). The summed E-state index contributed by atoms with van der Waals surface area (Å²) in [5, 5.41) is 8.96. The minimum atomic E-state index is -0.320. The zero-order chi connectivity index (χ0) is 23.0. The van der Waals surface area contributed by atoms with E-state index in [-0.39, 0.29) is 24.0 Å². The van der Waals surface area contributed by atoms with E-state index in [2.05, 4.69) is 31.9 Å². The zero-order valence-corrected chi connectivity index (χ0v) is 20.2. The van der Waals surface area contributed by atoms with Crippen molar-refractivity contribution in [2.24, 2.45) is 0 Å². The van der Waals surface area contributed by atoms with Gasteiger partial charge in [-0.25, -0.2) is 0 Å². The first-order chi connectivity index (χ1) is 14.6. The third-order valence-corrected chi connectivity index (χ3v) is 4.71. The number of halogens is 1. The Bertz CT molecular complexity index is 908. The summed E-state index contributed by atoms with van der Waals surface area (Å²) in [5.41, 5.74) is 2.31. The van der Waals surface area contributed by atoms with Crippen LogP contribution in [0.4, 0.5) is 11.4 Å². The number of carbonyl (C=O) groups excluding carboxylic acids is 2. The fraction of sp³-hybridized carbons (Fsp3) is 0.391. The molecule has 0 aromatic heterocycles. The van der Waals surface area contributed by atoms with E-state index in [9.17, 15) is 9.59 Å². The van der Waals surface area contributed by atoms with Gasteiger partial charge in [0.1, 0.15) is 0 Å². The second kappa shape index (κ2) is 11.0. The molecule has 0 aliphatic carbocycles. The van der Waals surface area contributed by atoms with E-state index in [0.717, 1.165) is 21.4 Å². The van der Waals surface area contributed by atoms with E-state index >= 15 is 0 Å². The van der Waals surface area contributed by atoms with E-state index in [4.69, 9.17) is 9.47 Å². The van der Waals surface area contributed by atoms with Crippen molar-refractivity contribution in [3.05, 3.63) is 46.4 Å². The van der Waals surface area contributed by atoms with Crippen molar-refractivity contribution in [3.8, 4) is 11.5 Å². The van der Waals surface area contributed by atoms with E-state index in [1.165, 1.54) is 6.92 Å². The molecule has 0 bridgehead atoms.